The minimum absolute atomic E-state index is 0.0272. The molecule has 132 valence electrons. The molecule has 0 radical (unpaired) electrons. The highest BCUT2D eigenvalue weighted by Gasteiger charge is 2.31. The molecule has 6 heteroatoms. The Hall–Kier alpha value is -3.28. The Morgan fingerprint density at radius 3 is 2.65 bits per heavy atom. The van der Waals surface area contributed by atoms with Gasteiger partial charge in [-0.25, -0.2) is 4.98 Å². The Bertz CT molecular complexity index is 950. The SMILES string of the molecule is COc1ccc(-n2cnc3c2NC(=O)C[C@H]3c2ccccc2)c(OC)c1. The average molecular weight is 349 g/mol. The summed E-state index contributed by atoms with van der Waals surface area (Å²) < 4.78 is 12.6. The Morgan fingerprint density at radius 1 is 1.12 bits per heavy atom. The number of imidazole rings is 1. The zero-order valence-electron chi connectivity index (χ0n) is 14.6. The van der Waals surface area contributed by atoms with Crippen LogP contribution in [0, 0.1) is 0 Å². The molecule has 0 saturated carbocycles. The molecule has 26 heavy (non-hydrogen) atoms. The predicted molar refractivity (Wildman–Crippen MR) is 98.2 cm³/mol. The van der Waals surface area contributed by atoms with E-state index in [-0.39, 0.29) is 11.8 Å². The number of nitrogens with zero attached hydrogens (tertiary/aromatic N) is 2. The number of hydrogen-bond donors (Lipinski definition) is 1. The molecule has 1 N–H and O–H groups in total. The zero-order chi connectivity index (χ0) is 18.1. The van der Waals surface area contributed by atoms with Crippen molar-refractivity contribution in [3.8, 4) is 17.2 Å². The van der Waals surface area contributed by atoms with Gasteiger partial charge in [0.2, 0.25) is 5.91 Å². The lowest BCUT2D eigenvalue weighted by atomic mass is 9.90. The lowest BCUT2D eigenvalue weighted by molar-refractivity contribution is -0.116. The van der Waals surface area contributed by atoms with Crippen LogP contribution in [0.2, 0.25) is 0 Å². The van der Waals surface area contributed by atoms with E-state index in [1.807, 2.05) is 47.0 Å². The van der Waals surface area contributed by atoms with Gasteiger partial charge in [-0.15, -0.1) is 0 Å². The van der Waals surface area contributed by atoms with Crippen molar-refractivity contribution < 1.29 is 14.3 Å². The summed E-state index contributed by atoms with van der Waals surface area (Å²) in [4.78, 5) is 16.9. The van der Waals surface area contributed by atoms with E-state index < -0.39 is 0 Å². The number of methoxy groups -OCH3 is 2. The van der Waals surface area contributed by atoms with Gasteiger partial charge in [-0.05, 0) is 17.7 Å². The maximum Gasteiger partial charge on any atom is 0.226 e. The van der Waals surface area contributed by atoms with E-state index in [1.54, 1.807) is 26.6 Å². The van der Waals surface area contributed by atoms with E-state index in [1.165, 1.54) is 0 Å². The van der Waals surface area contributed by atoms with E-state index >= 15 is 0 Å². The summed E-state index contributed by atoms with van der Waals surface area (Å²) >= 11 is 0. The highest BCUT2D eigenvalue weighted by atomic mass is 16.5. The van der Waals surface area contributed by atoms with Crippen LogP contribution in [0.25, 0.3) is 5.69 Å². The number of carbonyl (C=O) groups is 1. The largest absolute Gasteiger partial charge is 0.497 e. The molecule has 2 heterocycles. The van der Waals surface area contributed by atoms with Gasteiger partial charge in [-0.1, -0.05) is 30.3 Å². The normalized spacial score (nSPS) is 15.9. The molecule has 4 rings (SSSR count). The van der Waals surface area contributed by atoms with E-state index in [0.29, 0.717) is 23.7 Å². The molecule has 1 aromatic heterocycles. The molecule has 6 nitrogen and oxygen atoms in total. The van der Waals surface area contributed by atoms with Crippen LogP contribution in [0.5, 0.6) is 11.5 Å². The summed E-state index contributed by atoms with van der Waals surface area (Å²) in [5.74, 6) is 1.93. The average Bonchev–Trinajstić information content (AvgIpc) is 3.11. The number of fused-ring (bicyclic) bond motifs is 1. The molecule has 1 aliphatic heterocycles. The number of amides is 1. The van der Waals surface area contributed by atoms with Crippen LogP contribution in [0.1, 0.15) is 23.6 Å². The Kier molecular flexibility index (Phi) is 4.08. The van der Waals surface area contributed by atoms with Gasteiger partial charge in [-0.3, -0.25) is 9.36 Å². The number of carbonyl (C=O) groups excluding carboxylic acids is 1. The predicted octanol–water partition coefficient (Wildman–Crippen LogP) is 3.36. The van der Waals surface area contributed by atoms with Crippen LogP contribution >= 0.6 is 0 Å². The van der Waals surface area contributed by atoms with Crippen LogP contribution in [0.3, 0.4) is 0 Å². The molecular formula is C20H19N3O3. The molecule has 0 saturated heterocycles. The second-order valence-electron chi connectivity index (χ2n) is 6.10. The summed E-state index contributed by atoms with van der Waals surface area (Å²) in [6.45, 7) is 0. The van der Waals surface area contributed by atoms with Crippen LogP contribution < -0.4 is 14.8 Å². The topological polar surface area (TPSA) is 65.4 Å². The molecule has 1 atom stereocenters. The minimum atomic E-state index is -0.0644. The lowest BCUT2D eigenvalue weighted by Crippen LogP contribution is -2.24. The molecule has 0 aliphatic carbocycles. The van der Waals surface area contributed by atoms with Crippen molar-refractivity contribution in [2.75, 3.05) is 19.5 Å². The third-order valence-corrected chi connectivity index (χ3v) is 4.62. The number of aromatic nitrogens is 2. The Morgan fingerprint density at radius 2 is 1.92 bits per heavy atom. The maximum atomic E-state index is 12.3. The molecule has 1 amide bonds. The lowest BCUT2D eigenvalue weighted by Gasteiger charge is -2.23. The highest BCUT2D eigenvalue weighted by molar-refractivity contribution is 5.94. The molecule has 0 bridgehead atoms. The quantitative estimate of drug-likeness (QED) is 0.784. The van der Waals surface area contributed by atoms with Gasteiger partial charge in [0.1, 0.15) is 23.6 Å². The minimum Gasteiger partial charge on any atom is -0.497 e. The van der Waals surface area contributed by atoms with Gasteiger partial charge >= 0.3 is 0 Å². The number of anilines is 1. The molecule has 3 aromatic rings. The van der Waals surface area contributed by atoms with E-state index in [0.717, 1.165) is 16.9 Å². The van der Waals surface area contributed by atoms with Crippen LogP contribution in [-0.4, -0.2) is 29.7 Å². The first-order chi connectivity index (χ1) is 12.7. The van der Waals surface area contributed by atoms with Gasteiger partial charge in [0, 0.05) is 18.4 Å². The second kappa shape index (κ2) is 6.55. The highest BCUT2D eigenvalue weighted by Crippen LogP contribution is 2.39. The van der Waals surface area contributed by atoms with Crippen molar-refractivity contribution in [3.05, 3.63) is 66.1 Å². The number of hydrogen-bond acceptors (Lipinski definition) is 4. The molecule has 2 aromatic carbocycles. The van der Waals surface area contributed by atoms with Crippen molar-refractivity contribution in [2.24, 2.45) is 0 Å². The first-order valence-corrected chi connectivity index (χ1v) is 8.35. The van der Waals surface area contributed by atoms with Gasteiger partial charge in [0.15, 0.2) is 0 Å². The summed E-state index contributed by atoms with van der Waals surface area (Å²) in [5, 5.41) is 2.96. The van der Waals surface area contributed by atoms with Crippen LogP contribution in [-0.2, 0) is 4.79 Å². The number of ether oxygens (including phenoxy) is 2. The van der Waals surface area contributed by atoms with Crippen LogP contribution in [0.4, 0.5) is 5.82 Å². The summed E-state index contributed by atoms with van der Waals surface area (Å²) in [6, 6.07) is 15.5. The van der Waals surface area contributed by atoms with E-state index in [4.69, 9.17) is 9.47 Å². The molecule has 0 spiro atoms. The summed E-state index contributed by atoms with van der Waals surface area (Å²) in [6.07, 6.45) is 2.10. The van der Waals surface area contributed by atoms with Crippen molar-refractivity contribution in [1.82, 2.24) is 9.55 Å². The molecule has 0 unspecified atom stereocenters. The fourth-order valence-electron chi connectivity index (χ4n) is 3.33. The fraction of sp³-hybridized carbons (Fsp3) is 0.200. The first-order valence-electron chi connectivity index (χ1n) is 8.35. The van der Waals surface area contributed by atoms with E-state index in [2.05, 4.69) is 10.3 Å². The standard InChI is InChI=1S/C20H19N3O3/c1-25-14-8-9-16(17(10-14)26-2)23-12-21-19-15(11-18(24)22-20(19)23)13-6-4-3-5-7-13/h3-10,12,15H,11H2,1-2H3,(H,22,24)/t15-/m0/s1. The number of rotatable bonds is 4. The third kappa shape index (κ3) is 2.69. The number of nitrogens with one attached hydrogen (secondary N) is 1. The van der Waals surface area contributed by atoms with Gasteiger partial charge in [0.25, 0.3) is 0 Å². The van der Waals surface area contributed by atoms with Gasteiger partial charge < -0.3 is 14.8 Å². The van der Waals surface area contributed by atoms with Gasteiger partial charge in [-0.2, -0.15) is 0 Å². The molecule has 1 aliphatic rings. The van der Waals surface area contributed by atoms with Crippen molar-refractivity contribution in [1.29, 1.82) is 0 Å². The molecular weight excluding hydrogens is 330 g/mol. The monoisotopic (exact) mass is 349 g/mol. The number of benzene rings is 2. The molecule has 0 fully saturated rings. The van der Waals surface area contributed by atoms with Crippen molar-refractivity contribution >= 4 is 11.7 Å². The smallest absolute Gasteiger partial charge is 0.226 e. The Balaban J connectivity index is 1.83. The van der Waals surface area contributed by atoms with Crippen molar-refractivity contribution in [2.45, 2.75) is 12.3 Å². The van der Waals surface area contributed by atoms with Gasteiger partial charge in [0.05, 0.1) is 25.6 Å². The van der Waals surface area contributed by atoms with Crippen LogP contribution in [0.15, 0.2) is 54.9 Å². The van der Waals surface area contributed by atoms with E-state index in [9.17, 15) is 4.79 Å². The summed E-state index contributed by atoms with van der Waals surface area (Å²) in [5.41, 5.74) is 2.72. The van der Waals surface area contributed by atoms with Crippen molar-refractivity contribution in [3.63, 3.8) is 0 Å². The first kappa shape index (κ1) is 16.2. The zero-order valence-corrected chi connectivity index (χ0v) is 14.6. The summed E-state index contributed by atoms with van der Waals surface area (Å²) in [7, 11) is 3.21. The Labute approximate surface area is 151 Å². The fourth-order valence-corrected chi connectivity index (χ4v) is 3.33. The third-order valence-electron chi connectivity index (χ3n) is 4.62. The maximum absolute atomic E-state index is 12.3. The second-order valence-corrected chi connectivity index (χ2v) is 6.10.